The molecule has 0 bridgehead atoms. The van der Waals surface area contributed by atoms with Gasteiger partial charge in [0.1, 0.15) is 6.07 Å². The summed E-state index contributed by atoms with van der Waals surface area (Å²) in [6, 6.07) is 7.12. The fourth-order valence-electron chi connectivity index (χ4n) is 1.62. The maximum atomic E-state index is 9.01. The number of hydrogen-bond donors (Lipinski definition) is 0. The monoisotopic (exact) mass is 326 g/mol. The molecule has 102 valence electrons. The van der Waals surface area contributed by atoms with E-state index in [0.29, 0.717) is 21.6 Å². The molecule has 1 aromatic carbocycles. The van der Waals surface area contributed by atoms with Crippen LogP contribution in [0.2, 0.25) is 15.2 Å². The third-order valence-electron chi connectivity index (χ3n) is 2.72. The highest BCUT2D eigenvalue weighted by Gasteiger charge is 2.15. The van der Waals surface area contributed by atoms with Crippen LogP contribution in [0, 0.1) is 18.3 Å². The summed E-state index contributed by atoms with van der Waals surface area (Å²) in [7, 11) is 1.76. The number of halogens is 3. The molecule has 1 aromatic heterocycles. The average Bonchev–Trinajstić information content (AvgIpc) is 2.41. The normalized spacial score (nSPS) is 10.2. The van der Waals surface area contributed by atoms with E-state index in [-0.39, 0.29) is 10.8 Å². The second kappa shape index (κ2) is 5.84. The molecule has 7 heteroatoms. The Labute approximate surface area is 131 Å². The van der Waals surface area contributed by atoms with Gasteiger partial charge in [0.25, 0.3) is 0 Å². The van der Waals surface area contributed by atoms with Crippen LogP contribution in [0.5, 0.6) is 0 Å². The van der Waals surface area contributed by atoms with E-state index in [0.717, 1.165) is 5.69 Å². The Morgan fingerprint density at radius 1 is 1.15 bits per heavy atom. The zero-order valence-corrected chi connectivity index (χ0v) is 12.9. The first kappa shape index (κ1) is 14.9. The van der Waals surface area contributed by atoms with Crippen LogP contribution in [0.3, 0.4) is 0 Å². The van der Waals surface area contributed by atoms with Gasteiger partial charge in [0.15, 0.2) is 16.7 Å². The van der Waals surface area contributed by atoms with Gasteiger partial charge in [0.05, 0.1) is 15.7 Å². The fraction of sp³-hybridized carbons (Fsp3) is 0.154. The van der Waals surface area contributed by atoms with Gasteiger partial charge in [0.2, 0.25) is 0 Å². The summed E-state index contributed by atoms with van der Waals surface area (Å²) >= 11 is 18.0. The molecule has 0 amide bonds. The molecule has 4 nitrogen and oxygen atoms in total. The van der Waals surface area contributed by atoms with Crippen molar-refractivity contribution in [1.82, 2.24) is 9.97 Å². The van der Waals surface area contributed by atoms with Gasteiger partial charge in [-0.1, -0.05) is 34.8 Å². The number of aryl methyl sites for hydroxylation is 1. The number of rotatable bonds is 2. The summed E-state index contributed by atoms with van der Waals surface area (Å²) in [4.78, 5) is 10.0. The lowest BCUT2D eigenvalue weighted by molar-refractivity contribution is 1.03. The van der Waals surface area contributed by atoms with Crippen LogP contribution < -0.4 is 4.90 Å². The standard InChI is InChI=1S/C13H9Cl3N4/c1-7-11(6-17)19-13(12(16)18-7)20(2)8-3-4-9(14)10(15)5-8/h3-5H,1-2H3. The summed E-state index contributed by atoms with van der Waals surface area (Å²) in [6.07, 6.45) is 0. The molecule has 2 aromatic rings. The minimum atomic E-state index is 0.218. The van der Waals surface area contributed by atoms with Crippen molar-refractivity contribution >= 4 is 46.3 Å². The molecule has 0 spiro atoms. The summed E-state index contributed by atoms with van der Waals surface area (Å²) in [6.45, 7) is 1.68. The molecule has 0 aliphatic carbocycles. The molecule has 0 atom stereocenters. The van der Waals surface area contributed by atoms with Crippen molar-refractivity contribution in [2.24, 2.45) is 0 Å². The molecule has 2 rings (SSSR count). The average molecular weight is 328 g/mol. The molecule has 1 heterocycles. The third-order valence-corrected chi connectivity index (χ3v) is 3.72. The highest BCUT2D eigenvalue weighted by molar-refractivity contribution is 6.42. The Kier molecular flexibility index (Phi) is 4.34. The van der Waals surface area contributed by atoms with Crippen LogP contribution >= 0.6 is 34.8 Å². The first-order valence-electron chi connectivity index (χ1n) is 5.57. The zero-order valence-electron chi connectivity index (χ0n) is 10.7. The van der Waals surface area contributed by atoms with Gasteiger partial charge in [0, 0.05) is 12.7 Å². The van der Waals surface area contributed by atoms with Gasteiger partial charge >= 0.3 is 0 Å². The van der Waals surface area contributed by atoms with Crippen LogP contribution in [0.1, 0.15) is 11.4 Å². The minimum Gasteiger partial charge on any atom is -0.327 e. The quantitative estimate of drug-likeness (QED) is 0.821. The fourth-order valence-corrected chi connectivity index (χ4v) is 2.21. The van der Waals surface area contributed by atoms with E-state index in [4.69, 9.17) is 40.1 Å². The second-order valence-electron chi connectivity index (χ2n) is 4.04. The molecular formula is C13H9Cl3N4. The highest BCUT2D eigenvalue weighted by Crippen LogP contribution is 2.32. The topological polar surface area (TPSA) is 52.8 Å². The number of anilines is 2. The molecule has 0 fully saturated rings. The van der Waals surface area contributed by atoms with Crippen LogP contribution in [-0.4, -0.2) is 17.0 Å². The largest absolute Gasteiger partial charge is 0.327 e. The molecule has 0 saturated heterocycles. The van der Waals surface area contributed by atoms with Crippen molar-refractivity contribution in [3.8, 4) is 6.07 Å². The number of nitrogens with zero attached hydrogens (tertiary/aromatic N) is 4. The molecule has 0 aliphatic rings. The van der Waals surface area contributed by atoms with Crippen LogP contribution in [0.4, 0.5) is 11.5 Å². The third kappa shape index (κ3) is 2.80. The van der Waals surface area contributed by atoms with Gasteiger partial charge in [-0.25, -0.2) is 9.97 Å². The maximum absolute atomic E-state index is 9.01. The van der Waals surface area contributed by atoms with Crippen molar-refractivity contribution < 1.29 is 0 Å². The van der Waals surface area contributed by atoms with Gasteiger partial charge in [-0.3, -0.25) is 0 Å². The van der Waals surface area contributed by atoms with E-state index in [1.807, 2.05) is 6.07 Å². The highest BCUT2D eigenvalue weighted by atomic mass is 35.5. The van der Waals surface area contributed by atoms with Crippen LogP contribution in [0.25, 0.3) is 0 Å². The smallest absolute Gasteiger partial charge is 0.172 e. The Balaban J connectivity index is 2.50. The number of hydrogen-bond acceptors (Lipinski definition) is 4. The maximum Gasteiger partial charge on any atom is 0.172 e. The summed E-state index contributed by atoms with van der Waals surface area (Å²) in [5.41, 5.74) is 1.46. The van der Waals surface area contributed by atoms with Crippen molar-refractivity contribution in [2.45, 2.75) is 6.92 Å². The van der Waals surface area contributed by atoms with Crippen molar-refractivity contribution in [2.75, 3.05) is 11.9 Å². The lowest BCUT2D eigenvalue weighted by Gasteiger charge is -2.20. The molecular weight excluding hydrogens is 319 g/mol. The van der Waals surface area contributed by atoms with Gasteiger partial charge in [-0.15, -0.1) is 0 Å². The predicted molar refractivity (Wildman–Crippen MR) is 81.0 cm³/mol. The SMILES string of the molecule is Cc1nc(Cl)c(N(C)c2ccc(Cl)c(Cl)c2)nc1C#N. The molecule has 0 N–H and O–H groups in total. The number of nitriles is 1. The van der Waals surface area contributed by atoms with E-state index in [1.54, 1.807) is 37.1 Å². The Hall–Kier alpha value is -1.54. The van der Waals surface area contributed by atoms with Gasteiger partial charge < -0.3 is 4.90 Å². The van der Waals surface area contributed by atoms with Crippen LogP contribution in [-0.2, 0) is 0 Å². The van der Waals surface area contributed by atoms with E-state index >= 15 is 0 Å². The number of aromatic nitrogens is 2. The molecule has 0 aliphatic heterocycles. The van der Waals surface area contributed by atoms with Crippen molar-refractivity contribution in [3.05, 3.63) is 44.8 Å². The molecule has 20 heavy (non-hydrogen) atoms. The van der Waals surface area contributed by atoms with E-state index in [1.165, 1.54) is 0 Å². The summed E-state index contributed by atoms with van der Waals surface area (Å²) in [5.74, 6) is 0.382. The van der Waals surface area contributed by atoms with Crippen molar-refractivity contribution in [1.29, 1.82) is 5.26 Å². The zero-order chi connectivity index (χ0) is 14.9. The van der Waals surface area contributed by atoms with Crippen LogP contribution in [0.15, 0.2) is 18.2 Å². The lowest BCUT2D eigenvalue weighted by atomic mass is 10.3. The van der Waals surface area contributed by atoms with E-state index < -0.39 is 0 Å². The lowest BCUT2D eigenvalue weighted by Crippen LogP contribution is -2.14. The Morgan fingerprint density at radius 3 is 2.45 bits per heavy atom. The van der Waals surface area contributed by atoms with Gasteiger partial charge in [-0.05, 0) is 25.1 Å². The van der Waals surface area contributed by atoms with E-state index in [9.17, 15) is 0 Å². The first-order chi connectivity index (χ1) is 9.43. The number of benzene rings is 1. The van der Waals surface area contributed by atoms with E-state index in [2.05, 4.69) is 9.97 Å². The Morgan fingerprint density at radius 2 is 1.85 bits per heavy atom. The second-order valence-corrected chi connectivity index (χ2v) is 5.21. The van der Waals surface area contributed by atoms with Gasteiger partial charge in [-0.2, -0.15) is 5.26 Å². The molecule has 0 radical (unpaired) electrons. The summed E-state index contributed by atoms with van der Waals surface area (Å²) in [5, 5.41) is 10.1. The van der Waals surface area contributed by atoms with Crippen molar-refractivity contribution in [3.63, 3.8) is 0 Å². The predicted octanol–water partition coefficient (Wildman–Crippen LogP) is 4.38. The molecule has 0 saturated carbocycles. The molecule has 0 unspecified atom stereocenters. The Bertz CT molecular complexity index is 709. The summed E-state index contributed by atoms with van der Waals surface area (Å²) < 4.78 is 0. The minimum absolute atomic E-state index is 0.218. The first-order valence-corrected chi connectivity index (χ1v) is 6.70.